The largest absolute Gasteiger partial charge is 0.496 e. The topological polar surface area (TPSA) is 134 Å². The fourth-order valence-electron chi connectivity index (χ4n) is 12.7. The van der Waals surface area contributed by atoms with E-state index in [0.717, 1.165) is 64.1 Å². The van der Waals surface area contributed by atoms with Crippen molar-refractivity contribution in [1.82, 2.24) is 14.8 Å². The molecule has 3 aromatic rings. The van der Waals surface area contributed by atoms with E-state index in [-0.39, 0.29) is 12.0 Å². The summed E-state index contributed by atoms with van der Waals surface area (Å²) in [7, 11) is 6.18. The molecule has 59 heavy (non-hydrogen) atoms. The number of rotatable bonds is 7. The lowest BCUT2D eigenvalue weighted by molar-refractivity contribution is -0.212. The maximum Gasteiger partial charge on any atom is 0.344 e. The minimum Gasteiger partial charge on any atom is -0.496 e. The second-order valence-corrected chi connectivity index (χ2v) is 17.4. The monoisotopic (exact) mass is 802 g/mol. The van der Waals surface area contributed by atoms with Crippen molar-refractivity contribution in [3.8, 4) is 18.1 Å². The first-order valence-corrected chi connectivity index (χ1v) is 20.8. The van der Waals surface area contributed by atoms with Crippen molar-refractivity contribution in [2.24, 2.45) is 11.8 Å². The first kappa shape index (κ1) is 39.4. The second kappa shape index (κ2) is 14.0. The van der Waals surface area contributed by atoms with Gasteiger partial charge in [0.25, 0.3) is 0 Å². The number of nitrogens with zero attached hydrogens (tertiary/aromatic N) is 3. The van der Waals surface area contributed by atoms with Crippen molar-refractivity contribution in [2.75, 3.05) is 59.5 Å². The first-order chi connectivity index (χ1) is 28.3. The van der Waals surface area contributed by atoms with Crippen LogP contribution >= 0.6 is 0 Å². The van der Waals surface area contributed by atoms with Crippen LogP contribution in [0.15, 0.2) is 53.6 Å². The van der Waals surface area contributed by atoms with E-state index in [0.29, 0.717) is 50.2 Å². The van der Waals surface area contributed by atoms with E-state index < -0.39 is 52.4 Å². The van der Waals surface area contributed by atoms with Gasteiger partial charge >= 0.3 is 17.9 Å². The Kier molecular flexibility index (Phi) is 9.34. The van der Waals surface area contributed by atoms with Crippen molar-refractivity contribution in [3.05, 3.63) is 81.6 Å². The maximum atomic E-state index is 15.2. The Hall–Kier alpha value is -5.09. The fraction of sp³-hybridized carbons (Fsp3) is 0.511. The number of nitrogens with one attached hydrogen (secondary N) is 1. The number of ether oxygens (including phenoxy) is 4. The van der Waals surface area contributed by atoms with Gasteiger partial charge in [-0.25, -0.2) is 4.79 Å². The van der Waals surface area contributed by atoms with Crippen molar-refractivity contribution in [1.29, 1.82) is 0 Å². The summed E-state index contributed by atoms with van der Waals surface area (Å²) in [5.74, 6) is 0.880. The molecule has 2 N–H and O–H groups in total. The Morgan fingerprint density at radius 1 is 1.03 bits per heavy atom. The number of anilines is 1. The Labute approximate surface area is 345 Å². The Balaban J connectivity index is 1.36. The van der Waals surface area contributed by atoms with Gasteiger partial charge in [-0.2, -0.15) is 0 Å². The van der Waals surface area contributed by atoms with Crippen LogP contribution in [0, 0.1) is 24.2 Å². The number of likely N-dealkylation sites (N-methyl/N-ethyl adjacent to an activating group) is 1. The van der Waals surface area contributed by atoms with Crippen LogP contribution in [-0.2, 0) is 46.0 Å². The van der Waals surface area contributed by atoms with E-state index in [4.69, 9.17) is 25.4 Å². The Morgan fingerprint density at radius 2 is 1.81 bits per heavy atom. The molecule has 2 fully saturated rings. The predicted octanol–water partition coefficient (Wildman–Crippen LogP) is 4.73. The molecule has 1 aromatic heterocycles. The van der Waals surface area contributed by atoms with E-state index in [2.05, 4.69) is 52.8 Å². The number of methoxy groups -OCH3 is 3. The van der Waals surface area contributed by atoms with Crippen LogP contribution in [0.3, 0.4) is 0 Å². The highest BCUT2D eigenvalue weighted by Crippen LogP contribution is 2.65. The van der Waals surface area contributed by atoms with E-state index in [1.807, 2.05) is 36.2 Å². The number of esters is 3. The van der Waals surface area contributed by atoms with Crippen molar-refractivity contribution in [3.63, 3.8) is 0 Å². The highest BCUT2D eigenvalue weighted by molar-refractivity contribution is 5.95. The zero-order valence-corrected chi connectivity index (χ0v) is 35.0. The number of hydrogen-bond donors (Lipinski definition) is 2. The summed E-state index contributed by atoms with van der Waals surface area (Å²) in [4.78, 5) is 53.1. The van der Waals surface area contributed by atoms with Gasteiger partial charge in [0.05, 0.1) is 27.4 Å². The van der Waals surface area contributed by atoms with Gasteiger partial charge in [-0.3, -0.25) is 19.4 Å². The molecule has 9 atom stereocenters. The SMILES string of the molecule is C#Cc1ccc2[nH]c3c(c2c1)CN1CC(CC)=C[C@@H](C1)C[C@]3(C(=O)OC)c1cc2c(cc1OC)N(C)[C@H]1[C@@](O)(C(=O)OC)[C@H](OC(C)=O)C3C(CC)=CCN4CC[C@]21[C@H]34. The molecule has 1 aliphatic carbocycles. The van der Waals surface area contributed by atoms with E-state index >= 15 is 4.79 Å². The standard InChI is InChI=1S/C47H54N4O8/c1-9-27-12-13-35-31(19-27)32-25-50-23-28(10-2)18-29(24-50)22-46(39(32)48-35,43(53)57-7)34-20-33-36(21-37(34)56-6)49(5)42-45(33)15-17-51-16-14-30(11-3)38(40(45)51)41(59-26(4)52)47(42,55)44(54)58-8/h1,12-14,18-21,29,38,40-42,48,55H,10-11,15-17,22-25H2,2-8H3/t29-,38?,40+,41-,42-,45-,46+,47-/m1/s1. The number of aromatic amines is 1. The quantitative estimate of drug-likeness (QED) is 0.149. The van der Waals surface area contributed by atoms with Crippen LogP contribution in [0.1, 0.15) is 74.4 Å². The van der Waals surface area contributed by atoms with Crippen LogP contribution < -0.4 is 9.64 Å². The normalized spacial score (nSPS) is 32.9. The third kappa shape index (κ3) is 5.23. The average Bonchev–Trinajstić information content (AvgIpc) is 3.88. The van der Waals surface area contributed by atoms with Gasteiger partial charge in [0.15, 0.2) is 6.10 Å². The molecule has 1 spiro atoms. The molecule has 2 aromatic carbocycles. The minimum atomic E-state index is -2.27. The lowest BCUT2D eigenvalue weighted by Gasteiger charge is -2.59. The molecule has 5 aliphatic heterocycles. The molecule has 6 aliphatic rings. The molecular formula is C47H54N4O8. The predicted molar refractivity (Wildman–Crippen MR) is 222 cm³/mol. The van der Waals surface area contributed by atoms with Crippen LogP contribution in [0.4, 0.5) is 5.69 Å². The van der Waals surface area contributed by atoms with Crippen LogP contribution in [0.25, 0.3) is 10.9 Å². The van der Waals surface area contributed by atoms with Gasteiger partial charge in [0.2, 0.25) is 5.60 Å². The molecule has 2 bridgehead atoms. The number of fused-ring (bicyclic) bond motifs is 6. The van der Waals surface area contributed by atoms with Crippen LogP contribution in [0.2, 0.25) is 0 Å². The molecule has 12 nitrogen and oxygen atoms in total. The van der Waals surface area contributed by atoms with Gasteiger partial charge in [-0.15, -0.1) is 6.42 Å². The maximum absolute atomic E-state index is 15.2. The molecule has 0 amide bonds. The van der Waals surface area contributed by atoms with Crippen LogP contribution in [0.5, 0.6) is 5.75 Å². The zero-order chi connectivity index (χ0) is 41.8. The number of carbonyl (C=O) groups is 3. The second-order valence-electron chi connectivity index (χ2n) is 17.4. The van der Waals surface area contributed by atoms with Gasteiger partial charge < -0.3 is 33.9 Å². The summed E-state index contributed by atoms with van der Waals surface area (Å²) >= 11 is 0. The van der Waals surface area contributed by atoms with Gasteiger partial charge in [0.1, 0.15) is 11.2 Å². The highest BCUT2D eigenvalue weighted by atomic mass is 16.6. The van der Waals surface area contributed by atoms with Gasteiger partial charge in [-0.05, 0) is 73.5 Å². The summed E-state index contributed by atoms with van der Waals surface area (Å²) in [6.45, 7) is 9.07. The zero-order valence-electron chi connectivity index (χ0n) is 35.0. The molecule has 1 saturated heterocycles. The third-order valence-corrected chi connectivity index (χ3v) is 14.8. The number of carbonyl (C=O) groups excluding carboxylic acids is 3. The summed E-state index contributed by atoms with van der Waals surface area (Å²) in [5, 5.41) is 14.2. The number of benzene rings is 2. The summed E-state index contributed by atoms with van der Waals surface area (Å²) in [6.07, 6.45) is 11.7. The number of aromatic nitrogens is 1. The summed E-state index contributed by atoms with van der Waals surface area (Å²) in [5.41, 5.74) is 3.43. The molecular weight excluding hydrogens is 749 g/mol. The number of terminal acetylenes is 1. The first-order valence-electron chi connectivity index (χ1n) is 20.8. The van der Waals surface area contributed by atoms with Crippen molar-refractivity contribution < 1.29 is 38.4 Å². The minimum absolute atomic E-state index is 0.00397. The molecule has 2 unspecified atom stereocenters. The summed E-state index contributed by atoms with van der Waals surface area (Å²) in [6, 6.07) is 8.83. The van der Waals surface area contributed by atoms with Crippen molar-refractivity contribution >= 4 is 34.5 Å². The Morgan fingerprint density at radius 3 is 2.49 bits per heavy atom. The average molecular weight is 803 g/mol. The van der Waals surface area contributed by atoms with Crippen molar-refractivity contribution in [2.45, 2.75) is 87.6 Å². The molecule has 6 heterocycles. The third-order valence-electron chi connectivity index (χ3n) is 14.8. The Bertz CT molecular complexity index is 2390. The number of hydrogen-bond acceptors (Lipinski definition) is 11. The lowest BCUT2D eigenvalue weighted by Crippen LogP contribution is -2.78. The van der Waals surface area contributed by atoms with Gasteiger partial charge in [0, 0.05) is 97.0 Å². The number of H-pyrrole nitrogens is 1. The summed E-state index contributed by atoms with van der Waals surface area (Å²) < 4.78 is 23.8. The molecule has 0 radical (unpaired) electrons. The van der Waals surface area contributed by atoms with Crippen LogP contribution in [-0.4, -0.2) is 116 Å². The smallest absolute Gasteiger partial charge is 0.344 e. The van der Waals surface area contributed by atoms with E-state index in [9.17, 15) is 14.7 Å². The molecule has 12 heteroatoms. The van der Waals surface area contributed by atoms with E-state index in [1.165, 1.54) is 26.7 Å². The van der Waals surface area contributed by atoms with E-state index in [1.54, 1.807) is 7.11 Å². The fourth-order valence-corrected chi connectivity index (χ4v) is 12.7. The molecule has 9 rings (SSSR count). The molecule has 1 saturated carbocycles. The molecule has 310 valence electrons. The number of aliphatic hydroxyl groups is 1. The lowest BCUT2D eigenvalue weighted by atomic mass is 9.52. The highest BCUT2D eigenvalue weighted by Gasteiger charge is 2.77. The van der Waals surface area contributed by atoms with Gasteiger partial charge in [-0.1, -0.05) is 43.1 Å².